The predicted octanol–water partition coefficient (Wildman–Crippen LogP) is 5.01. The lowest BCUT2D eigenvalue weighted by Gasteiger charge is -2.16. The topological polar surface area (TPSA) is 69.6 Å². The van der Waals surface area contributed by atoms with Crippen LogP contribution in [0.1, 0.15) is 11.1 Å². The molecular weight excluding hydrogens is 505 g/mol. The van der Waals surface area contributed by atoms with Crippen LogP contribution < -0.4 is 5.32 Å². The minimum absolute atomic E-state index is 0.0510. The molecule has 1 aliphatic rings. The number of nitrogens with one attached hydrogen (secondary N) is 1. The van der Waals surface area contributed by atoms with Gasteiger partial charge in [-0.2, -0.15) is 13.2 Å². The molecule has 11 heteroatoms. The van der Waals surface area contributed by atoms with Crippen LogP contribution in [0.3, 0.4) is 0 Å². The van der Waals surface area contributed by atoms with E-state index in [1.54, 1.807) is 12.1 Å². The van der Waals surface area contributed by atoms with Crippen LogP contribution in [0.2, 0.25) is 0 Å². The molecule has 0 unspecified atom stereocenters. The summed E-state index contributed by atoms with van der Waals surface area (Å²) in [5, 5.41) is 12.1. The van der Waals surface area contributed by atoms with Crippen LogP contribution >= 0.6 is 39.9 Å². The number of alkyl halides is 3. The SMILES string of the molecule is O=C(CN1C(=O)/C(=C/c2cc(Br)ccc2O)SC1=S)Nc1ccccc1C(F)(F)F. The van der Waals surface area contributed by atoms with Crippen molar-refractivity contribution in [2.45, 2.75) is 6.18 Å². The summed E-state index contributed by atoms with van der Waals surface area (Å²) in [5.74, 6) is -1.46. The Morgan fingerprint density at radius 1 is 1.27 bits per heavy atom. The Bertz CT molecular complexity index is 1070. The predicted molar refractivity (Wildman–Crippen MR) is 116 cm³/mol. The van der Waals surface area contributed by atoms with Gasteiger partial charge in [0.2, 0.25) is 5.91 Å². The van der Waals surface area contributed by atoms with Crippen molar-refractivity contribution < 1.29 is 27.9 Å². The summed E-state index contributed by atoms with van der Waals surface area (Å²) in [5.41, 5.74) is -1.03. The van der Waals surface area contributed by atoms with Crippen molar-refractivity contribution >= 4 is 67.8 Å². The number of hydrogen-bond acceptors (Lipinski definition) is 5. The van der Waals surface area contributed by atoms with Gasteiger partial charge >= 0.3 is 6.18 Å². The van der Waals surface area contributed by atoms with Crippen LogP contribution in [0.15, 0.2) is 51.8 Å². The summed E-state index contributed by atoms with van der Waals surface area (Å²) < 4.78 is 40.0. The third kappa shape index (κ3) is 5.02. The molecule has 0 aliphatic carbocycles. The van der Waals surface area contributed by atoms with E-state index in [1.165, 1.54) is 24.3 Å². The van der Waals surface area contributed by atoms with Gasteiger partial charge in [0, 0.05) is 10.0 Å². The monoisotopic (exact) mass is 516 g/mol. The fourth-order valence-electron chi connectivity index (χ4n) is 2.59. The molecule has 2 N–H and O–H groups in total. The molecule has 2 aromatic rings. The molecule has 5 nitrogen and oxygen atoms in total. The first-order valence-electron chi connectivity index (χ1n) is 8.26. The van der Waals surface area contributed by atoms with Gasteiger partial charge in [-0.3, -0.25) is 14.5 Å². The van der Waals surface area contributed by atoms with Gasteiger partial charge in [0.15, 0.2) is 0 Å². The maximum atomic E-state index is 13.1. The molecule has 1 aliphatic heterocycles. The number of halogens is 4. The van der Waals surface area contributed by atoms with Gasteiger partial charge in [0.05, 0.1) is 16.2 Å². The highest BCUT2D eigenvalue weighted by Crippen LogP contribution is 2.36. The number of carbonyl (C=O) groups is 2. The lowest BCUT2D eigenvalue weighted by Crippen LogP contribution is -2.36. The Kier molecular flexibility index (Phi) is 6.53. The highest BCUT2D eigenvalue weighted by molar-refractivity contribution is 9.10. The summed E-state index contributed by atoms with van der Waals surface area (Å²) in [6, 6.07) is 9.22. The number of hydrogen-bond donors (Lipinski definition) is 2. The normalized spacial score (nSPS) is 15.7. The van der Waals surface area contributed by atoms with Crippen molar-refractivity contribution in [1.29, 1.82) is 0 Å². The minimum Gasteiger partial charge on any atom is -0.507 e. The number of nitrogens with zero attached hydrogens (tertiary/aromatic N) is 1. The van der Waals surface area contributed by atoms with E-state index in [9.17, 15) is 27.9 Å². The van der Waals surface area contributed by atoms with Gasteiger partial charge in [-0.25, -0.2) is 0 Å². The third-order valence-electron chi connectivity index (χ3n) is 3.96. The van der Waals surface area contributed by atoms with E-state index < -0.39 is 35.8 Å². The average molecular weight is 517 g/mol. The van der Waals surface area contributed by atoms with Gasteiger partial charge < -0.3 is 10.4 Å². The number of anilines is 1. The largest absolute Gasteiger partial charge is 0.507 e. The molecule has 1 saturated heterocycles. The summed E-state index contributed by atoms with van der Waals surface area (Å²) >= 11 is 9.33. The van der Waals surface area contributed by atoms with Crippen molar-refractivity contribution in [2.75, 3.05) is 11.9 Å². The standard InChI is InChI=1S/C19H12BrF3N2O3S2/c20-11-5-6-14(26)10(7-11)8-15-17(28)25(18(29)30-15)9-16(27)24-13-4-2-1-3-12(13)19(21,22)23/h1-8,26H,9H2,(H,24,27)/b15-8-. The molecule has 1 heterocycles. The molecule has 0 spiro atoms. The minimum atomic E-state index is -4.64. The summed E-state index contributed by atoms with van der Waals surface area (Å²) in [7, 11) is 0. The number of phenols is 1. The first-order chi connectivity index (χ1) is 14.1. The smallest absolute Gasteiger partial charge is 0.418 e. The number of aromatic hydroxyl groups is 1. The van der Waals surface area contributed by atoms with Gasteiger partial charge in [-0.15, -0.1) is 0 Å². The van der Waals surface area contributed by atoms with Gasteiger partial charge in [-0.1, -0.05) is 52.0 Å². The number of para-hydroxylation sites is 1. The van der Waals surface area contributed by atoms with Crippen LogP contribution in [0.4, 0.5) is 18.9 Å². The maximum Gasteiger partial charge on any atom is 0.418 e. The van der Waals surface area contributed by atoms with E-state index in [0.29, 0.717) is 10.0 Å². The molecule has 0 radical (unpaired) electrons. The molecular formula is C19H12BrF3N2O3S2. The molecule has 2 amide bonds. The number of phenolic OH excluding ortho intramolecular Hbond substituents is 1. The van der Waals surface area contributed by atoms with Crippen LogP contribution in [0.5, 0.6) is 5.75 Å². The first kappa shape index (κ1) is 22.3. The molecule has 2 aromatic carbocycles. The van der Waals surface area contributed by atoms with Crippen LogP contribution in [-0.2, 0) is 15.8 Å². The van der Waals surface area contributed by atoms with Crippen molar-refractivity contribution in [1.82, 2.24) is 4.90 Å². The molecule has 30 heavy (non-hydrogen) atoms. The average Bonchev–Trinajstić information content (AvgIpc) is 2.91. The quantitative estimate of drug-likeness (QED) is 0.441. The number of thiocarbonyl (C=S) groups is 1. The van der Waals surface area contributed by atoms with E-state index in [-0.39, 0.29) is 15.0 Å². The fraction of sp³-hybridized carbons (Fsp3) is 0.105. The Morgan fingerprint density at radius 3 is 2.67 bits per heavy atom. The molecule has 1 fully saturated rings. The number of benzene rings is 2. The number of carbonyl (C=O) groups excluding carboxylic acids is 2. The second-order valence-electron chi connectivity index (χ2n) is 6.06. The van der Waals surface area contributed by atoms with Crippen LogP contribution in [-0.4, -0.2) is 32.7 Å². The molecule has 3 rings (SSSR count). The van der Waals surface area contributed by atoms with Gasteiger partial charge in [-0.05, 0) is 36.4 Å². The van der Waals surface area contributed by atoms with Crippen LogP contribution in [0.25, 0.3) is 6.08 Å². The molecule has 0 aromatic heterocycles. The van der Waals surface area contributed by atoms with E-state index in [1.807, 2.05) is 0 Å². The first-order valence-corrected chi connectivity index (χ1v) is 10.3. The summed E-state index contributed by atoms with van der Waals surface area (Å²) in [6.45, 7) is -0.543. The Labute approximate surface area is 187 Å². The molecule has 0 saturated carbocycles. The number of amides is 2. The second-order valence-corrected chi connectivity index (χ2v) is 8.65. The van der Waals surface area contributed by atoms with Crippen molar-refractivity contribution in [3.8, 4) is 5.75 Å². The fourth-order valence-corrected chi connectivity index (χ4v) is 4.22. The van der Waals surface area contributed by atoms with Crippen LogP contribution in [0, 0.1) is 0 Å². The van der Waals surface area contributed by atoms with Crippen molar-refractivity contribution in [3.63, 3.8) is 0 Å². The van der Waals surface area contributed by atoms with Gasteiger partial charge in [0.25, 0.3) is 5.91 Å². The Hall–Kier alpha value is -2.37. The number of rotatable bonds is 4. The zero-order valence-electron chi connectivity index (χ0n) is 14.9. The molecule has 0 bridgehead atoms. The van der Waals surface area contributed by atoms with Gasteiger partial charge in [0.1, 0.15) is 16.6 Å². The number of thioether (sulfide) groups is 1. The zero-order valence-corrected chi connectivity index (χ0v) is 18.1. The zero-order chi connectivity index (χ0) is 22.1. The summed E-state index contributed by atoms with van der Waals surface area (Å²) in [4.78, 5) is 26.1. The second kappa shape index (κ2) is 8.78. The maximum absolute atomic E-state index is 13.1. The summed E-state index contributed by atoms with van der Waals surface area (Å²) in [6.07, 6.45) is -3.21. The Balaban J connectivity index is 1.76. The Morgan fingerprint density at radius 2 is 1.97 bits per heavy atom. The lowest BCUT2D eigenvalue weighted by atomic mass is 10.1. The van der Waals surface area contributed by atoms with Crippen molar-refractivity contribution in [2.24, 2.45) is 0 Å². The van der Waals surface area contributed by atoms with E-state index in [0.717, 1.165) is 28.8 Å². The van der Waals surface area contributed by atoms with E-state index in [4.69, 9.17) is 12.2 Å². The highest BCUT2D eigenvalue weighted by atomic mass is 79.9. The lowest BCUT2D eigenvalue weighted by molar-refractivity contribution is -0.137. The van der Waals surface area contributed by atoms with E-state index >= 15 is 0 Å². The molecule has 156 valence electrons. The highest BCUT2D eigenvalue weighted by Gasteiger charge is 2.36. The van der Waals surface area contributed by atoms with E-state index in [2.05, 4.69) is 21.2 Å². The molecule has 0 atom stereocenters. The third-order valence-corrected chi connectivity index (χ3v) is 5.83. The van der Waals surface area contributed by atoms with Crippen molar-refractivity contribution in [3.05, 3.63) is 63.0 Å².